The van der Waals surface area contributed by atoms with Crippen molar-refractivity contribution in [2.45, 2.75) is 18.5 Å². The smallest absolute Gasteiger partial charge is 0.280 e. The number of thiazole rings is 1. The van der Waals surface area contributed by atoms with Crippen LogP contribution in [0.25, 0.3) is 10.3 Å². The number of hydrogen-bond acceptors (Lipinski definition) is 7. The molecule has 0 saturated heterocycles. The van der Waals surface area contributed by atoms with E-state index in [0.29, 0.717) is 17.9 Å². The van der Waals surface area contributed by atoms with Crippen LogP contribution in [0.1, 0.15) is 6.92 Å². The van der Waals surface area contributed by atoms with E-state index in [2.05, 4.69) is 19.8 Å². The van der Waals surface area contributed by atoms with Crippen LogP contribution < -0.4 is 9.46 Å². The number of aryl methyl sites for hydroxylation is 1. The van der Waals surface area contributed by atoms with Crippen molar-refractivity contribution in [3.8, 4) is 5.75 Å². The van der Waals surface area contributed by atoms with Crippen molar-refractivity contribution in [2.24, 2.45) is 0 Å². The lowest BCUT2D eigenvalue weighted by Gasteiger charge is -2.06. The molecule has 116 valence electrons. The molecule has 3 heterocycles. The van der Waals surface area contributed by atoms with Crippen LogP contribution in [0.3, 0.4) is 0 Å². The van der Waals surface area contributed by atoms with Gasteiger partial charge in [0.15, 0.2) is 15.8 Å². The molecule has 0 spiro atoms. The average Bonchev–Trinajstić information content (AvgIpc) is 3.11. The zero-order valence-corrected chi connectivity index (χ0v) is 13.5. The number of nitrogens with zero attached hydrogens (tertiary/aromatic N) is 4. The Morgan fingerprint density at radius 2 is 2.27 bits per heavy atom. The van der Waals surface area contributed by atoms with Crippen molar-refractivity contribution in [1.29, 1.82) is 0 Å². The van der Waals surface area contributed by atoms with E-state index in [0.717, 1.165) is 4.70 Å². The van der Waals surface area contributed by atoms with Crippen LogP contribution in [-0.2, 0) is 16.6 Å². The molecule has 0 bridgehead atoms. The molecule has 0 amide bonds. The second-order valence-corrected chi connectivity index (χ2v) is 6.97. The SMILES string of the molecule is CCn1nccc1S(=O)(=O)Nc1nc2ncc(OC)cc2s1. The second kappa shape index (κ2) is 5.54. The topological polar surface area (TPSA) is 99.0 Å². The molecule has 3 aromatic heterocycles. The van der Waals surface area contributed by atoms with Gasteiger partial charge in [0.05, 0.1) is 24.2 Å². The van der Waals surface area contributed by atoms with Crippen LogP contribution in [-0.4, -0.2) is 35.3 Å². The summed E-state index contributed by atoms with van der Waals surface area (Å²) in [5.74, 6) is 0.592. The largest absolute Gasteiger partial charge is 0.495 e. The van der Waals surface area contributed by atoms with E-state index >= 15 is 0 Å². The number of sulfonamides is 1. The third-order valence-corrected chi connectivity index (χ3v) is 5.33. The number of hydrogen-bond donors (Lipinski definition) is 1. The van der Waals surface area contributed by atoms with Gasteiger partial charge in [-0.3, -0.25) is 9.40 Å². The van der Waals surface area contributed by atoms with Gasteiger partial charge in [-0.05, 0) is 13.0 Å². The van der Waals surface area contributed by atoms with Crippen LogP contribution in [0, 0.1) is 0 Å². The van der Waals surface area contributed by atoms with E-state index in [-0.39, 0.29) is 10.2 Å². The van der Waals surface area contributed by atoms with Crippen LogP contribution in [0.4, 0.5) is 5.13 Å². The molecule has 0 aromatic carbocycles. The number of nitrogens with one attached hydrogen (secondary N) is 1. The fraction of sp³-hybridized carbons (Fsp3) is 0.250. The van der Waals surface area contributed by atoms with Gasteiger partial charge in [-0.15, -0.1) is 0 Å². The molecule has 0 unspecified atom stereocenters. The molecule has 0 aliphatic carbocycles. The monoisotopic (exact) mass is 339 g/mol. The predicted molar refractivity (Wildman–Crippen MR) is 82.7 cm³/mol. The Hall–Kier alpha value is -2.20. The van der Waals surface area contributed by atoms with Crippen LogP contribution in [0.5, 0.6) is 5.75 Å². The first kappa shape index (κ1) is 14.7. The molecule has 0 radical (unpaired) electrons. The lowest BCUT2D eigenvalue weighted by atomic mass is 10.4. The number of fused-ring (bicyclic) bond motifs is 1. The van der Waals surface area contributed by atoms with Gasteiger partial charge in [0.1, 0.15) is 5.75 Å². The van der Waals surface area contributed by atoms with Gasteiger partial charge in [0, 0.05) is 12.6 Å². The molecular formula is C12H13N5O3S2. The molecular weight excluding hydrogens is 326 g/mol. The van der Waals surface area contributed by atoms with Gasteiger partial charge in [-0.1, -0.05) is 11.3 Å². The van der Waals surface area contributed by atoms with Gasteiger partial charge in [0.2, 0.25) is 0 Å². The molecule has 0 fully saturated rings. The maximum atomic E-state index is 12.4. The molecule has 3 aromatic rings. The summed E-state index contributed by atoms with van der Waals surface area (Å²) < 4.78 is 34.5. The van der Waals surface area contributed by atoms with Crippen molar-refractivity contribution in [3.63, 3.8) is 0 Å². The molecule has 1 N–H and O–H groups in total. The zero-order valence-electron chi connectivity index (χ0n) is 11.8. The molecule has 0 aliphatic rings. The number of aromatic nitrogens is 4. The molecule has 0 atom stereocenters. The lowest BCUT2D eigenvalue weighted by molar-refractivity contribution is 0.414. The maximum Gasteiger partial charge on any atom is 0.280 e. The minimum atomic E-state index is -3.74. The highest BCUT2D eigenvalue weighted by Gasteiger charge is 2.21. The van der Waals surface area contributed by atoms with Crippen LogP contribution in [0.2, 0.25) is 0 Å². The Labute approximate surface area is 130 Å². The summed E-state index contributed by atoms with van der Waals surface area (Å²) in [4.78, 5) is 8.29. The summed E-state index contributed by atoms with van der Waals surface area (Å²) >= 11 is 1.19. The normalized spacial score (nSPS) is 11.7. The fourth-order valence-electron chi connectivity index (χ4n) is 1.91. The lowest BCUT2D eigenvalue weighted by Crippen LogP contribution is -2.17. The highest BCUT2D eigenvalue weighted by atomic mass is 32.2. The van der Waals surface area contributed by atoms with Gasteiger partial charge in [-0.2, -0.15) is 18.5 Å². The van der Waals surface area contributed by atoms with E-state index in [9.17, 15) is 8.42 Å². The van der Waals surface area contributed by atoms with Crippen molar-refractivity contribution in [2.75, 3.05) is 11.8 Å². The predicted octanol–water partition coefficient (Wildman–Crippen LogP) is 1.72. The number of methoxy groups -OCH3 is 1. The van der Waals surface area contributed by atoms with Crippen molar-refractivity contribution in [3.05, 3.63) is 24.5 Å². The van der Waals surface area contributed by atoms with E-state index < -0.39 is 10.0 Å². The van der Waals surface area contributed by atoms with Crippen LogP contribution >= 0.6 is 11.3 Å². The van der Waals surface area contributed by atoms with Gasteiger partial charge in [0.25, 0.3) is 10.0 Å². The van der Waals surface area contributed by atoms with Gasteiger partial charge in [-0.25, -0.2) is 4.98 Å². The summed E-state index contributed by atoms with van der Waals surface area (Å²) in [7, 11) is -2.20. The number of anilines is 1. The first-order valence-electron chi connectivity index (χ1n) is 6.38. The van der Waals surface area contributed by atoms with E-state index in [1.54, 1.807) is 13.2 Å². The number of ether oxygens (including phenoxy) is 1. The Morgan fingerprint density at radius 1 is 1.45 bits per heavy atom. The van der Waals surface area contributed by atoms with E-state index in [1.165, 1.54) is 34.5 Å². The number of rotatable bonds is 5. The quantitative estimate of drug-likeness (QED) is 0.760. The zero-order chi connectivity index (χ0) is 15.7. The first-order valence-corrected chi connectivity index (χ1v) is 8.68. The third kappa shape index (κ3) is 2.62. The van der Waals surface area contributed by atoms with Crippen molar-refractivity contribution >= 4 is 36.8 Å². The highest BCUT2D eigenvalue weighted by Crippen LogP contribution is 2.28. The summed E-state index contributed by atoms with van der Waals surface area (Å²) in [6, 6.07) is 3.20. The minimum absolute atomic E-state index is 0.0970. The fourth-order valence-corrected chi connectivity index (χ4v) is 4.19. The summed E-state index contributed by atoms with van der Waals surface area (Å²) in [5, 5.41) is 4.31. The molecule has 0 saturated carbocycles. The molecule has 3 rings (SSSR count). The standard InChI is InChI=1S/C12H13N5O3S2/c1-3-17-10(4-5-14-17)22(18,19)16-12-15-11-9(21-12)6-8(20-2)7-13-11/h4-7H,3H2,1-2H3,(H,13,15,16). The molecule has 10 heteroatoms. The average molecular weight is 339 g/mol. The molecule has 8 nitrogen and oxygen atoms in total. The second-order valence-electron chi connectivity index (χ2n) is 4.31. The first-order chi connectivity index (χ1) is 10.5. The summed E-state index contributed by atoms with van der Waals surface area (Å²) in [6.07, 6.45) is 2.98. The highest BCUT2D eigenvalue weighted by molar-refractivity contribution is 7.92. The maximum absolute atomic E-state index is 12.4. The van der Waals surface area contributed by atoms with E-state index in [1.807, 2.05) is 6.92 Å². The Morgan fingerprint density at radius 3 is 3.00 bits per heavy atom. The summed E-state index contributed by atoms with van der Waals surface area (Å²) in [6.45, 7) is 2.28. The van der Waals surface area contributed by atoms with Gasteiger partial charge >= 0.3 is 0 Å². The third-order valence-electron chi connectivity index (χ3n) is 2.93. The Balaban J connectivity index is 1.95. The Kier molecular flexibility index (Phi) is 3.71. The minimum Gasteiger partial charge on any atom is -0.495 e. The van der Waals surface area contributed by atoms with E-state index in [4.69, 9.17) is 4.74 Å². The number of pyridine rings is 1. The Bertz CT molecular complexity index is 916. The summed E-state index contributed by atoms with van der Waals surface area (Å²) in [5.41, 5.74) is 0.465. The van der Waals surface area contributed by atoms with Gasteiger partial charge < -0.3 is 4.74 Å². The molecule has 0 aliphatic heterocycles. The van der Waals surface area contributed by atoms with Crippen LogP contribution in [0.15, 0.2) is 29.6 Å². The van der Waals surface area contributed by atoms with Crippen molar-refractivity contribution in [1.82, 2.24) is 19.7 Å². The molecule has 22 heavy (non-hydrogen) atoms. The van der Waals surface area contributed by atoms with Crippen molar-refractivity contribution < 1.29 is 13.2 Å².